The molecule has 30 heavy (non-hydrogen) atoms. The molecule has 2 atom stereocenters. The SMILES string of the molecule is CC1CN(c2ccc(C(F)(F)F)c3nccnc23)C[C@H]1C(=O)NC1CCN(C)CC1. The molecule has 0 bridgehead atoms. The van der Waals surface area contributed by atoms with Crippen molar-refractivity contribution in [2.45, 2.75) is 32.0 Å². The monoisotopic (exact) mass is 421 g/mol. The number of aromatic nitrogens is 2. The average Bonchev–Trinajstić information content (AvgIpc) is 3.09. The largest absolute Gasteiger partial charge is 0.418 e. The minimum absolute atomic E-state index is 0.0295. The van der Waals surface area contributed by atoms with Gasteiger partial charge in [0.15, 0.2) is 0 Å². The van der Waals surface area contributed by atoms with Crippen LogP contribution in [-0.2, 0) is 11.0 Å². The van der Waals surface area contributed by atoms with Gasteiger partial charge in [-0.25, -0.2) is 0 Å². The summed E-state index contributed by atoms with van der Waals surface area (Å²) in [5.74, 6) is -0.0918. The smallest absolute Gasteiger partial charge is 0.369 e. The van der Waals surface area contributed by atoms with Gasteiger partial charge in [-0.2, -0.15) is 13.2 Å². The van der Waals surface area contributed by atoms with E-state index in [0.29, 0.717) is 18.8 Å². The maximum atomic E-state index is 13.4. The molecule has 9 heteroatoms. The van der Waals surface area contributed by atoms with Crippen molar-refractivity contribution in [3.05, 3.63) is 30.1 Å². The second kappa shape index (κ2) is 8.02. The second-order valence-electron chi connectivity index (χ2n) is 8.46. The Balaban J connectivity index is 1.53. The van der Waals surface area contributed by atoms with Crippen molar-refractivity contribution in [3.8, 4) is 0 Å². The molecule has 3 heterocycles. The number of hydrogen-bond donors (Lipinski definition) is 1. The predicted molar refractivity (Wildman–Crippen MR) is 108 cm³/mol. The van der Waals surface area contributed by atoms with Crippen LogP contribution in [0.4, 0.5) is 18.9 Å². The topological polar surface area (TPSA) is 61.4 Å². The Morgan fingerprint density at radius 3 is 2.43 bits per heavy atom. The van der Waals surface area contributed by atoms with E-state index in [0.717, 1.165) is 32.0 Å². The highest BCUT2D eigenvalue weighted by Crippen LogP contribution is 2.38. The number of fused-ring (bicyclic) bond motifs is 1. The summed E-state index contributed by atoms with van der Waals surface area (Å²) in [4.78, 5) is 25.2. The van der Waals surface area contributed by atoms with Crippen molar-refractivity contribution in [2.24, 2.45) is 11.8 Å². The highest BCUT2D eigenvalue weighted by Gasteiger charge is 2.38. The molecule has 2 fully saturated rings. The van der Waals surface area contributed by atoms with Crippen LogP contribution < -0.4 is 10.2 Å². The Hall–Kier alpha value is -2.42. The Morgan fingerprint density at radius 2 is 1.77 bits per heavy atom. The minimum atomic E-state index is -4.50. The quantitative estimate of drug-likeness (QED) is 0.826. The number of carbonyl (C=O) groups is 1. The van der Waals surface area contributed by atoms with Gasteiger partial charge in [0.05, 0.1) is 17.2 Å². The number of hydrogen-bond acceptors (Lipinski definition) is 5. The molecule has 1 aromatic heterocycles. The van der Waals surface area contributed by atoms with Gasteiger partial charge in [0.2, 0.25) is 5.91 Å². The standard InChI is InChI=1S/C21H26F3N5O/c1-13-11-29(12-15(13)20(30)27-14-5-9-28(2)10-6-14)17-4-3-16(21(22,23)24)18-19(17)26-8-7-25-18/h3-4,7-8,13-15H,5-6,9-12H2,1-2H3,(H,27,30)/t13?,15-/m1/s1. The normalized spacial score (nSPS) is 23.8. The zero-order valence-electron chi connectivity index (χ0n) is 17.1. The van der Waals surface area contributed by atoms with Crippen LogP contribution in [0.2, 0.25) is 0 Å². The van der Waals surface area contributed by atoms with Crippen molar-refractivity contribution in [1.82, 2.24) is 20.2 Å². The molecular formula is C21H26F3N5O. The van der Waals surface area contributed by atoms with Crippen LogP contribution in [0.1, 0.15) is 25.3 Å². The van der Waals surface area contributed by atoms with Crippen LogP contribution in [0.3, 0.4) is 0 Å². The van der Waals surface area contributed by atoms with Crippen LogP contribution >= 0.6 is 0 Å². The van der Waals surface area contributed by atoms with E-state index in [1.54, 1.807) is 0 Å². The number of nitrogens with zero attached hydrogens (tertiary/aromatic N) is 4. The van der Waals surface area contributed by atoms with E-state index < -0.39 is 11.7 Å². The molecule has 2 aromatic rings. The Bertz CT molecular complexity index is 926. The highest BCUT2D eigenvalue weighted by molar-refractivity contribution is 5.91. The first kappa shape index (κ1) is 20.8. The lowest BCUT2D eigenvalue weighted by Crippen LogP contribution is -2.46. The summed E-state index contributed by atoms with van der Waals surface area (Å²) in [6.45, 7) is 4.98. The van der Waals surface area contributed by atoms with E-state index in [4.69, 9.17) is 0 Å². The molecule has 0 saturated carbocycles. The molecule has 1 aromatic carbocycles. The summed E-state index contributed by atoms with van der Waals surface area (Å²) in [6, 6.07) is 2.69. The Labute approximate surface area is 173 Å². The van der Waals surface area contributed by atoms with E-state index in [-0.39, 0.29) is 34.8 Å². The summed E-state index contributed by atoms with van der Waals surface area (Å²) >= 11 is 0. The molecule has 2 saturated heterocycles. The van der Waals surface area contributed by atoms with Crippen LogP contribution in [0.15, 0.2) is 24.5 Å². The summed E-state index contributed by atoms with van der Waals surface area (Å²) in [6.07, 6.45) is 0.0432. The lowest BCUT2D eigenvalue weighted by atomic mass is 9.96. The number of carbonyl (C=O) groups excluding carboxylic acids is 1. The van der Waals surface area contributed by atoms with Crippen molar-refractivity contribution in [2.75, 3.05) is 38.1 Å². The fourth-order valence-corrected chi connectivity index (χ4v) is 4.49. The minimum Gasteiger partial charge on any atom is -0.369 e. The van der Waals surface area contributed by atoms with Crippen molar-refractivity contribution < 1.29 is 18.0 Å². The number of benzene rings is 1. The van der Waals surface area contributed by atoms with Gasteiger partial charge in [-0.3, -0.25) is 14.8 Å². The third-order valence-corrected chi connectivity index (χ3v) is 6.26. The third-order valence-electron chi connectivity index (χ3n) is 6.26. The number of alkyl halides is 3. The zero-order valence-corrected chi connectivity index (χ0v) is 17.1. The second-order valence-corrected chi connectivity index (χ2v) is 8.46. The van der Waals surface area contributed by atoms with Crippen molar-refractivity contribution >= 4 is 22.6 Å². The number of likely N-dealkylation sites (tertiary alicyclic amines) is 1. The summed E-state index contributed by atoms with van der Waals surface area (Å²) in [5, 5.41) is 3.18. The van der Waals surface area contributed by atoms with Crippen LogP contribution in [0.5, 0.6) is 0 Å². The number of piperidine rings is 1. The number of anilines is 1. The van der Waals surface area contributed by atoms with Gasteiger partial charge >= 0.3 is 6.18 Å². The molecule has 4 rings (SSSR count). The summed E-state index contributed by atoms with van der Waals surface area (Å²) in [5.41, 5.74) is -0.143. The number of amides is 1. The summed E-state index contributed by atoms with van der Waals surface area (Å²) in [7, 11) is 2.08. The fourth-order valence-electron chi connectivity index (χ4n) is 4.49. The maximum Gasteiger partial charge on any atom is 0.418 e. The molecule has 1 N–H and O–H groups in total. The third kappa shape index (κ3) is 4.08. The van der Waals surface area contributed by atoms with E-state index in [2.05, 4.69) is 27.2 Å². The molecule has 6 nitrogen and oxygen atoms in total. The van der Waals surface area contributed by atoms with Crippen molar-refractivity contribution in [3.63, 3.8) is 0 Å². The molecule has 1 amide bonds. The molecule has 0 spiro atoms. The van der Waals surface area contributed by atoms with E-state index in [9.17, 15) is 18.0 Å². The first-order valence-corrected chi connectivity index (χ1v) is 10.3. The Kier molecular flexibility index (Phi) is 5.57. The van der Waals surface area contributed by atoms with E-state index in [1.165, 1.54) is 18.5 Å². The first-order chi connectivity index (χ1) is 14.2. The maximum absolute atomic E-state index is 13.4. The Morgan fingerprint density at radius 1 is 1.10 bits per heavy atom. The van der Waals surface area contributed by atoms with Crippen molar-refractivity contribution in [1.29, 1.82) is 0 Å². The van der Waals surface area contributed by atoms with Gasteiger partial charge in [0, 0.05) is 31.5 Å². The van der Waals surface area contributed by atoms with Gasteiger partial charge < -0.3 is 15.1 Å². The predicted octanol–water partition coefficient (Wildman–Crippen LogP) is 2.93. The number of nitrogens with one attached hydrogen (secondary N) is 1. The summed E-state index contributed by atoms with van der Waals surface area (Å²) < 4.78 is 40.1. The zero-order chi connectivity index (χ0) is 21.5. The molecule has 2 aliphatic heterocycles. The number of halogens is 3. The lowest BCUT2D eigenvalue weighted by molar-refractivity contribution is -0.136. The lowest BCUT2D eigenvalue weighted by Gasteiger charge is -2.30. The molecule has 0 aliphatic carbocycles. The van der Waals surface area contributed by atoms with Gasteiger partial charge in [-0.1, -0.05) is 6.92 Å². The molecule has 162 valence electrons. The van der Waals surface area contributed by atoms with E-state index >= 15 is 0 Å². The van der Waals surface area contributed by atoms with Crippen LogP contribution in [-0.4, -0.2) is 60.0 Å². The molecular weight excluding hydrogens is 395 g/mol. The first-order valence-electron chi connectivity index (χ1n) is 10.3. The van der Waals surface area contributed by atoms with Gasteiger partial charge in [-0.05, 0) is 51.0 Å². The fraction of sp³-hybridized carbons (Fsp3) is 0.571. The molecule has 2 aliphatic rings. The van der Waals surface area contributed by atoms with Crippen LogP contribution in [0, 0.1) is 11.8 Å². The number of rotatable bonds is 3. The van der Waals surface area contributed by atoms with E-state index in [1.807, 2.05) is 11.8 Å². The van der Waals surface area contributed by atoms with Gasteiger partial charge in [-0.15, -0.1) is 0 Å². The van der Waals surface area contributed by atoms with Crippen LogP contribution in [0.25, 0.3) is 11.0 Å². The van der Waals surface area contributed by atoms with Gasteiger partial charge in [0.1, 0.15) is 11.0 Å². The molecule has 0 radical (unpaired) electrons. The molecule has 1 unspecified atom stereocenters. The van der Waals surface area contributed by atoms with Gasteiger partial charge in [0.25, 0.3) is 0 Å². The highest BCUT2D eigenvalue weighted by atomic mass is 19.4. The average molecular weight is 421 g/mol.